The third kappa shape index (κ3) is 5.48. The fraction of sp³-hybridized carbons (Fsp3) is 0.474. The van der Waals surface area contributed by atoms with E-state index >= 15 is 0 Å². The van der Waals surface area contributed by atoms with Crippen LogP contribution in [0.25, 0.3) is 0 Å². The zero-order valence-corrected chi connectivity index (χ0v) is 16.9. The van der Waals surface area contributed by atoms with E-state index in [1.165, 1.54) is 4.90 Å². The first-order valence-electron chi connectivity index (χ1n) is 9.05. The fourth-order valence-corrected chi connectivity index (χ4v) is 3.02. The molecule has 0 fully saturated rings. The van der Waals surface area contributed by atoms with Crippen LogP contribution in [0.5, 0.6) is 0 Å². The molecule has 154 valence electrons. The lowest BCUT2D eigenvalue weighted by molar-refractivity contribution is -0.141. The van der Waals surface area contributed by atoms with E-state index in [0.29, 0.717) is 18.1 Å². The van der Waals surface area contributed by atoms with Crippen molar-refractivity contribution in [3.8, 4) is 0 Å². The Labute approximate surface area is 167 Å². The summed E-state index contributed by atoms with van der Waals surface area (Å²) < 4.78 is 38.5. The van der Waals surface area contributed by atoms with Gasteiger partial charge in [0.1, 0.15) is 5.69 Å². The Morgan fingerprint density at radius 1 is 1.21 bits per heavy atom. The molecule has 1 aromatic heterocycles. The summed E-state index contributed by atoms with van der Waals surface area (Å²) in [4.78, 5) is 16.5. The molecule has 1 N–H and O–H groups in total. The largest absolute Gasteiger partial charge is 0.435 e. The highest BCUT2D eigenvalue weighted by Crippen LogP contribution is 2.28. The molecule has 0 saturated heterocycles. The lowest BCUT2D eigenvalue weighted by atomic mass is 10.1. The van der Waals surface area contributed by atoms with Gasteiger partial charge in [-0.05, 0) is 31.1 Å². The van der Waals surface area contributed by atoms with Gasteiger partial charge < -0.3 is 9.80 Å². The zero-order chi connectivity index (χ0) is 20.9. The van der Waals surface area contributed by atoms with Crippen molar-refractivity contribution in [3.63, 3.8) is 0 Å². The van der Waals surface area contributed by atoms with Crippen LogP contribution in [0.1, 0.15) is 41.2 Å². The molecule has 1 amide bonds. The highest BCUT2D eigenvalue weighted by Gasteiger charge is 2.35. The van der Waals surface area contributed by atoms with Gasteiger partial charge in [0.25, 0.3) is 5.91 Å². The molecule has 0 unspecified atom stereocenters. The molecule has 2 rings (SSSR count). The Bertz CT molecular complexity index is 803. The van der Waals surface area contributed by atoms with Crippen molar-refractivity contribution in [1.82, 2.24) is 20.0 Å². The fourth-order valence-electron chi connectivity index (χ4n) is 2.84. The molecule has 0 atom stereocenters. The van der Waals surface area contributed by atoms with Crippen LogP contribution in [0.2, 0.25) is 5.02 Å². The van der Waals surface area contributed by atoms with Crippen LogP contribution in [0.3, 0.4) is 0 Å². The lowest BCUT2D eigenvalue weighted by Crippen LogP contribution is -2.38. The molecule has 5 nitrogen and oxygen atoms in total. The summed E-state index contributed by atoms with van der Waals surface area (Å²) in [5, 5.41) is 5.98. The summed E-state index contributed by atoms with van der Waals surface area (Å²) in [7, 11) is 0. The van der Waals surface area contributed by atoms with Crippen molar-refractivity contribution in [2.45, 2.75) is 33.5 Å². The maximum absolute atomic E-state index is 12.9. The number of amides is 1. The molecule has 1 heterocycles. The standard InChI is InChI=1S/C19H24ClF3N4O/c1-4-26(5-2)9-10-27(12-14-8-6-7-13(3)17(14)20)18(28)15-11-16(25-24-15)19(21,22)23/h6-8,11H,4-5,9-10,12H2,1-3H3,(H,24,25). The quantitative estimate of drug-likeness (QED) is 0.695. The Kier molecular flexibility index (Phi) is 7.48. The van der Waals surface area contributed by atoms with E-state index in [2.05, 4.69) is 15.1 Å². The molecule has 9 heteroatoms. The van der Waals surface area contributed by atoms with Crippen LogP contribution in [0.15, 0.2) is 24.3 Å². The number of rotatable bonds is 8. The third-order valence-corrected chi connectivity index (χ3v) is 5.14. The van der Waals surface area contributed by atoms with Crippen LogP contribution in [0, 0.1) is 6.92 Å². The van der Waals surface area contributed by atoms with Gasteiger partial charge >= 0.3 is 6.18 Å². The Hall–Kier alpha value is -2.06. The molecule has 0 bridgehead atoms. The first kappa shape index (κ1) is 22.2. The topological polar surface area (TPSA) is 52.2 Å². The summed E-state index contributed by atoms with van der Waals surface area (Å²) in [6.45, 7) is 8.65. The Morgan fingerprint density at radius 2 is 1.89 bits per heavy atom. The van der Waals surface area contributed by atoms with Gasteiger partial charge in [-0.2, -0.15) is 18.3 Å². The second kappa shape index (κ2) is 9.43. The normalized spacial score (nSPS) is 11.9. The number of aryl methyl sites for hydroxylation is 1. The van der Waals surface area contributed by atoms with E-state index in [1.54, 1.807) is 6.07 Å². The Morgan fingerprint density at radius 3 is 2.46 bits per heavy atom. The number of hydrogen-bond acceptors (Lipinski definition) is 3. The molecule has 2 aromatic rings. The first-order chi connectivity index (χ1) is 13.2. The summed E-state index contributed by atoms with van der Waals surface area (Å²) in [5.41, 5.74) is 0.296. The molecule has 0 radical (unpaired) electrons. The SMILES string of the molecule is CCN(CC)CCN(Cc1cccc(C)c1Cl)C(=O)c1cc(C(F)(F)F)n[nH]1. The summed E-state index contributed by atoms with van der Waals surface area (Å²) in [6, 6.07) is 6.24. The van der Waals surface area contributed by atoms with Gasteiger partial charge in [0.15, 0.2) is 5.69 Å². The first-order valence-corrected chi connectivity index (χ1v) is 9.43. The molecule has 0 spiro atoms. The number of carbonyl (C=O) groups excluding carboxylic acids is 1. The monoisotopic (exact) mass is 416 g/mol. The zero-order valence-electron chi connectivity index (χ0n) is 16.1. The van der Waals surface area contributed by atoms with Crippen LogP contribution in [0.4, 0.5) is 13.2 Å². The minimum Gasteiger partial charge on any atom is -0.332 e. The van der Waals surface area contributed by atoms with E-state index in [4.69, 9.17) is 11.6 Å². The number of carbonyl (C=O) groups is 1. The number of alkyl halides is 3. The maximum Gasteiger partial charge on any atom is 0.435 e. The smallest absolute Gasteiger partial charge is 0.332 e. The average molecular weight is 417 g/mol. The molecule has 0 aliphatic carbocycles. The van der Waals surface area contributed by atoms with E-state index in [-0.39, 0.29) is 12.2 Å². The Balaban J connectivity index is 2.27. The number of benzene rings is 1. The molecule has 0 saturated carbocycles. The summed E-state index contributed by atoms with van der Waals surface area (Å²) in [6.07, 6.45) is -4.61. The number of aromatic nitrogens is 2. The predicted molar refractivity (Wildman–Crippen MR) is 102 cm³/mol. The number of aromatic amines is 1. The van der Waals surface area contributed by atoms with Crippen molar-refractivity contribution < 1.29 is 18.0 Å². The van der Waals surface area contributed by atoms with E-state index in [1.807, 2.05) is 32.9 Å². The minimum atomic E-state index is -4.61. The average Bonchev–Trinajstić information content (AvgIpc) is 3.15. The second-order valence-corrected chi connectivity index (χ2v) is 6.84. The van der Waals surface area contributed by atoms with Gasteiger partial charge in [0, 0.05) is 30.7 Å². The predicted octanol–water partition coefficient (Wildman–Crippen LogP) is 4.37. The summed E-state index contributed by atoms with van der Waals surface area (Å²) >= 11 is 6.35. The van der Waals surface area contributed by atoms with Crippen LogP contribution in [-0.2, 0) is 12.7 Å². The van der Waals surface area contributed by atoms with Gasteiger partial charge in [-0.15, -0.1) is 0 Å². The van der Waals surface area contributed by atoms with Crippen molar-refractivity contribution >= 4 is 17.5 Å². The minimum absolute atomic E-state index is 0.195. The number of hydrogen-bond donors (Lipinski definition) is 1. The number of halogens is 4. The molecular formula is C19H24ClF3N4O. The highest BCUT2D eigenvalue weighted by molar-refractivity contribution is 6.32. The number of H-pyrrole nitrogens is 1. The highest BCUT2D eigenvalue weighted by atomic mass is 35.5. The van der Waals surface area contributed by atoms with Gasteiger partial charge in [-0.25, -0.2) is 0 Å². The van der Waals surface area contributed by atoms with Crippen molar-refractivity contribution in [2.75, 3.05) is 26.2 Å². The molecular weight excluding hydrogens is 393 g/mol. The van der Waals surface area contributed by atoms with Gasteiger partial charge in [-0.3, -0.25) is 9.89 Å². The van der Waals surface area contributed by atoms with Gasteiger partial charge in [0.2, 0.25) is 0 Å². The van der Waals surface area contributed by atoms with E-state index in [9.17, 15) is 18.0 Å². The van der Waals surface area contributed by atoms with Crippen LogP contribution in [-0.4, -0.2) is 52.1 Å². The van der Waals surface area contributed by atoms with Crippen molar-refractivity contribution in [2.24, 2.45) is 0 Å². The van der Waals surface area contributed by atoms with E-state index < -0.39 is 17.8 Å². The van der Waals surface area contributed by atoms with Crippen molar-refractivity contribution in [3.05, 3.63) is 51.8 Å². The molecule has 0 aliphatic heterocycles. The van der Waals surface area contributed by atoms with E-state index in [0.717, 1.165) is 30.3 Å². The summed E-state index contributed by atoms with van der Waals surface area (Å²) in [5.74, 6) is -0.548. The number of likely N-dealkylation sites (N-methyl/N-ethyl adjacent to an activating group) is 1. The van der Waals surface area contributed by atoms with Gasteiger partial charge in [0.05, 0.1) is 0 Å². The van der Waals surface area contributed by atoms with Crippen LogP contribution >= 0.6 is 11.6 Å². The third-order valence-electron chi connectivity index (χ3n) is 4.60. The molecule has 1 aromatic carbocycles. The van der Waals surface area contributed by atoms with Crippen LogP contribution < -0.4 is 0 Å². The van der Waals surface area contributed by atoms with Gasteiger partial charge in [-0.1, -0.05) is 43.6 Å². The lowest BCUT2D eigenvalue weighted by Gasteiger charge is -2.26. The maximum atomic E-state index is 12.9. The van der Waals surface area contributed by atoms with Crippen molar-refractivity contribution in [1.29, 1.82) is 0 Å². The number of nitrogens with zero attached hydrogens (tertiary/aromatic N) is 3. The second-order valence-electron chi connectivity index (χ2n) is 6.47. The molecule has 0 aliphatic rings. The molecule has 28 heavy (non-hydrogen) atoms. The number of nitrogens with one attached hydrogen (secondary N) is 1.